The highest BCUT2D eigenvalue weighted by Crippen LogP contribution is 1.96. The van der Waals surface area contributed by atoms with E-state index in [4.69, 9.17) is 0 Å². The average Bonchev–Trinajstić information content (AvgIpc) is 2.09. The molecule has 0 aliphatic rings. The summed E-state index contributed by atoms with van der Waals surface area (Å²) >= 11 is 0. The van der Waals surface area contributed by atoms with Gasteiger partial charge in [-0.3, -0.25) is 4.79 Å². The number of nitrogens with one attached hydrogen (secondary N) is 3. The highest BCUT2D eigenvalue weighted by molar-refractivity contribution is 7.88. The lowest BCUT2D eigenvalue weighted by molar-refractivity contribution is 0.589. The topological polar surface area (TPSA) is 104 Å². The Bertz CT molecular complexity index is 508. The number of aryl methyl sites for hydroxylation is 1. The number of hydrogen-bond donors (Lipinski definition) is 3. The molecule has 0 aliphatic heterocycles. The Labute approximate surface area is 93.4 Å². The predicted octanol–water partition coefficient (Wildman–Crippen LogP) is -0.961. The van der Waals surface area contributed by atoms with Gasteiger partial charge in [-0.05, 0) is 6.92 Å². The van der Waals surface area contributed by atoms with E-state index in [-0.39, 0.29) is 12.1 Å². The third-order valence-corrected chi connectivity index (χ3v) is 2.38. The van der Waals surface area contributed by atoms with Crippen LogP contribution in [0.25, 0.3) is 0 Å². The molecular formula is C8H14N4O3S. The molecule has 0 unspecified atom stereocenters. The minimum Gasteiger partial charge on any atom is -0.369 e. The highest BCUT2D eigenvalue weighted by Gasteiger charge is 2.00. The van der Waals surface area contributed by atoms with Crippen LogP contribution in [0.5, 0.6) is 0 Å². The molecule has 0 aromatic carbocycles. The fraction of sp³-hybridized carbons (Fsp3) is 0.500. The van der Waals surface area contributed by atoms with E-state index in [9.17, 15) is 13.2 Å². The Kier molecular flexibility index (Phi) is 4.02. The SMILES string of the molecule is Cc1nc(NCCNS(C)(=O)=O)cc(=O)[nH]1. The number of aromatic nitrogens is 2. The fourth-order valence-electron chi connectivity index (χ4n) is 1.10. The molecule has 1 heterocycles. The molecular weight excluding hydrogens is 232 g/mol. The largest absolute Gasteiger partial charge is 0.369 e. The van der Waals surface area contributed by atoms with E-state index in [2.05, 4.69) is 20.0 Å². The summed E-state index contributed by atoms with van der Waals surface area (Å²) in [6.07, 6.45) is 1.09. The Morgan fingerprint density at radius 2 is 2.12 bits per heavy atom. The average molecular weight is 246 g/mol. The minimum absolute atomic E-state index is 0.242. The van der Waals surface area contributed by atoms with E-state index in [0.29, 0.717) is 18.2 Å². The summed E-state index contributed by atoms with van der Waals surface area (Å²) in [4.78, 5) is 17.6. The van der Waals surface area contributed by atoms with E-state index < -0.39 is 10.0 Å². The van der Waals surface area contributed by atoms with Gasteiger partial charge in [-0.1, -0.05) is 0 Å². The minimum atomic E-state index is -3.17. The van der Waals surface area contributed by atoms with Crippen LogP contribution in [-0.2, 0) is 10.0 Å². The van der Waals surface area contributed by atoms with Crippen LogP contribution in [0.3, 0.4) is 0 Å². The van der Waals surface area contributed by atoms with E-state index in [1.54, 1.807) is 6.92 Å². The van der Waals surface area contributed by atoms with E-state index in [0.717, 1.165) is 6.26 Å². The molecule has 0 atom stereocenters. The maximum absolute atomic E-state index is 11.1. The molecule has 0 saturated heterocycles. The molecule has 0 fully saturated rings. The highest BCUT2D eigenvalue weighted by atomic mass is 32.2. The van der Waals surface area contributed by atoms with Crippen LogP contribution in [0.15, 0.2) is 10.9 Å². The molecule has 0 spiro atoms. The maximum Gasteiger partial charge on any atom is 0.252 e. The summed E-state index contributed by atoms with van der Waals surface area (Å²) in [5.41, 5.74) is -0.244. The Morgan fingerprint density at radius 1 is 1.44 bits per heavy atom. The van der Waals surface area contributed by atoms with Crippen molar-refractivity contribution < 1.29 is 8.42 Å². The summed E-state index contributed by atoms with van der Waals surface area (Å²) < 4.78 is 23.8. The van der Waals surface area contributed by atoms with Crippen LogP contribution < -0.4 is 15.6 Å². The smallest absolute Gasteiger partial charge is 0.252 e. The van der Waals surface area contributed by atoms with Crippen molar-refractivity contribution in [1.29, 1.82) is 0 Å². The molecule has 1 aromatic rings. The molecule has 1 aromatic heterocycles. The first-order valence-electron chi connectivity index (χ1n) is 4.63. The molecule has 3 N–H and O–H groups in total. The summed E-state index contributed by atoms with van der Waals surface area (Å²) in [5.74, 6) is 0.933. The number of rotatable bonds is 5. The van der Waals surface area contributed by atoms with Crippen molar-refractivity contribution in [3.05, 3.63) is 22.2 Å². The van der Waals surface area contributed by atoms with Crippen LogP contribution in [-0.4, -0.2) is 37.7 Å². The molecule has 8 heteroatoms. The summed E-state index contributed by atoms with van der Waals surface area (Å²) in [6.45, 7) is 2.27. The van der Waals surface area contributed by atoms with Crippen molar-refractivity contribution in [2.45, 2.75) is 6.92 Å². The Balaban J connectivity index is 2.46. The van der Waals surface area contributed by atoms with E-state index in [1.165, 1.54) is 6.07 Å². The van der Waals surface area contributed by atoms with E-state index in [1.807, 2.05) is 0 Å². The van der Waals surface area contributed by atoms with Gasteiger partial charge >= 0.3 is 0 Å². The first-order valence-corrected chi connectivity index (χ1v) is 6.52. The number of nitrogens with zero attached hydrogens (tertiary/aromatic N) is 1. The quantitative estimate of drug-likeness (QED) is 0.580. The van der Waals surface area contributed by atoms with Gasteiger partial charge in [0.1, 0.15) is 11.6 Å². The molecule has 0 amide bonds. The zero-order chi connectivity index (χ0) is 12.2. The van der Waals surface area contributed by atoms with Crippen LogP contribution >= 0.6 is 0 Å². The van der Waals surface area contributed by atoms with Crippen molar-refractivity contribution in [3.8, 4) is 0 Å². The van der Waals surface area contributed by atoms with Gasteiger partial charge in [0.05, 0.1) is 6.26 Å². The third-order valence-electron chi connectivity index (χ3n) is 1.66. The second-order valence-electron chi connectivity index (χ2n) is 3.31. The van der Waals surface area contributed by atoms with Gasteiger partial charge in [0.15, 0.2) is 0 Å². The van der Waals surface area contributed by atoms with Crippen molar-refractivity contribution in [2.75, 3.05) is 24.7 Å². The first kappa shape index (κ1) is 12.7. The number of H-pyrrole nitrogens is 1. The van der Waals surface area contributed by atoms with Gasteiger partial charge in [-0.2, -0.15) is 0 Å². The van der Waals surface area contributed by atoms with Gasteiger partial charge in [-0.25, -0.2) is 18.1 Å². The second-order valence-corrected chi connectivity index (χ2v) is 5.14. The molecule has 16 heavy (non-hydrogen) atoms. The number of hydrogen-bond acceptors (Lipinski definition) is 5. The maximum atomic E-state index is 11.1. The lowest BCUT2D eigenvalue weighted by atomic mass is 10.5. The molecule has 0 saturated carbocycles. The molecule has 0 bridgehead atoms. The summed E-state index contributed by atoms with van der Waals surface area (Å²) in [7, 11) is -3.17. The third kappa shape index (κ3) is 4.89. The second kappa shape index (κ2) is 5.08. The zero-order valence-corrected chi connectivity index (χ0v) is 9.89. The number of sulfonamides is 1. The van der Waals surface area contributed by atoms with Gasteiger partial charge in [0, 0.05) is 19.2 Å². The standard InChI is InChI=1S/C8H14N4O3S/c1-6-11-7(5-8(13)12-6)9-3-4-10-16(2,14)15/h5,10H,3-4H2,1-2H3,(H2,9,11,12,13). The van der Waals surface area contributed by atoms with Crippen LogP contribution in [0, 0.1) is 6.92 Å². The van der Waals surface area contributed by atoms with Gasteiger partial charge < -0.3 is 10.3 Å². The Morgan fingerprint density at radius 3 is 2.69 bits per heavy atom. The molecule has 1 rings (SSSR count). The van der Waals surface area contributed by atoms with E-state index >= 15 is 0 Å². The summed E-state index contributed by atoms with van der Waals surface area (Å²) in [6, 6.07) is 1.31. The summed E-state index contributed by atoms with van der Waals surface area (Å²) in [5, 5.41) is 2.84. The molecule has 7 nitrogen and oxygen atoms in total. The van der Waals surface area contributed by atoms with Crippen LogP contribution in [0.2, 0.25) is 0 Å². The zero-order valence-electron chi connectivity index (χ0n) is 9.07. The first-order chi connectivity index (χ1) is 7.37. The molecule has 90 valence electrons. The lowest BCUT2D eigenvalue weighted by Crippen LogP contribution is -2.28. The van der Waals surface area contributed by atoms with Crippen molar-refractivity contribution in [3.63, 3.8) is 0 Å². The van der Waals surface area contributed by atoms with Crippen molar-refractivity contribution in [2.24, 2.45) is 0 Å². The van der Waals surface area contributed by atoms with Gasteiger partial charge in [-0.15, -0.1) is 0 Å². The lowest BCUT2D eigenvalue weighted by Gasteiger charge is -2.05. The Hall–Kier alpha value is -1.41. The van der Waals surface area contributed by atoms with Crippen molar-refractivity contribution in [1.82, 2.24) is 14.7 Å². The van der Waals surface area contributed by atoms with Gasteiger partial charge in [0.25, 0.3) is 5.56 Å². The molecule has 0 radical (unpaired) electrons. The molecule has 0 aliphatic carbocycles. The normalized spacial score (nSPS) is 11.4. The number of aromatic amines is 1. The monoisotopic (exact) mass is 246 g/mol. The van der Waals surface area contributed by atoms with Crippen molar-refractivity contribution >= 4 is 15.8 Å². The van der Waals surface area contributed by atoms with Gasteiger partial charge in [0.2, 0.25) is 10.0 Å². The number of anilines is 1. The predicted molar refractivity (Wildman–Crippen MR) is 60.9 cm³/mol. The fourth-order valence-corrected chi connectivity index (χ4v) is 1.57. The van der Waals surface area contributed by atoms with Crippen LogP contribution in [0.4, 0.5) is 5.82 Å². The van der Waals surface area contributed by atoms with Crippen LogP contribution in [0.1, 0.15) is 5.82 Å².